The molecular weight excluding hydrogens is 286 g/mol. The van der Waals surface area contributed by atoms with Gasteiger partial charge in [0.15, 0.2) is 0 Å². The molecule has 120 valence electrons. The van der Waals surface area contributed by atoms with E-state index in [2.05, 4.69) is 30.0 Å². The Labute approximate surface area is 138 Å². The molecule has 0 bridgehead atoms. The minimum Gasteiger partial charge on any atom is -0.381 e. The summed E-state index contributed by atoms with van der Waals surface area (Å²) in [5, 5.41) is 0. The molecule has 0 spiro atoms. The van der Waals surface area contributed by atoms with Crippen LogP contribution in [-0.2, 0) is 22.6 Å². The van der Waals surface area contributed by atoms with Crippen molar-refractivity contribution in [3.63, 3.8) is 0 Å². The molecule has 0 aromatic heterocycles. The Balaban J connectivity index is 1.38. The van der Waals surface area contributed by atoms with Gasteiger partial charge >= 0.3 is 0 Å². The van der Waals surface area contributed by atoms with Crippen LogP contribution in [0.2, 0.25) is 0 Å². The van der Waals surface area contributed by atoms with Crippen molar-refractivity contribution in [2.75, 3.05) is 13.2 Å². The Morgan fingerprint density at radius 2 is 1.91 bits per heavy atom. The molecule has 3 nitrogen and oxygen atoms in total. The van der Waals surface area contributed by atoms with E-state index in [1.54, 1.807) is 0 Å². The normalized spacial score (nSPS) is 20.8. The van der Waals surface area contributed by atoms with Crippen LogP contribution in [0.15, 0.2) is 18.2 Å². The average molecular weight is 309 g/mol. The van der Waals surface area contributed by atoms with Gasteiger partial charge < -0.3 is 9.64 Å². The van der Waals surface area contributed by atoms with Gasteiger partial charge in [-0.2, -0.15) is 0 Å². The second-order valence-corrected chi connectivity index (χ2v) is 7.04. The zero-order chi connectivity index (χ0) is 15.6. The number of carbonyl (C=O) groups excluding carboxylic acids is 1. The van der Waals surface area contributed by atoms with Gasteiger partial charge in [0.1, 0.15) is 0 Å². The fourth-order valence-corrected chi connectivity index (χ4v) is 3.39. The lowest BCUT2D eigenvalue weighted by atomic mass is 9.96. The molecule has 1 aromatic rings. The highest BCUT2D eigenvalue weighted by atomic mass is 16.5. The highest BCUT2D eigenvalue weighted by Crippen LogP contribution is 2.29. The number of benzene rings is 1. The predicted octanol–water partition coefficient (Wildman–Crippen LogP) is 3.11. The van der Waals surface area contributed by atoms with Crippen molar-refractivity contribution in [3.05, 3.63) is 34.9 Å². The zero-order valence-electron chi connectivity index (χ0n) is 13.5. The maximum Gasteiger partial charge on any atom is 0.223 e. The van der Waals surface area contributed by atoms with Crippen LogP contribution >= 0.6 is 0 Å². The van der Waals surface area contributed by atoms with Crippen LogP contribution < -0.4 is 0 Å². The van der Waals surface area contributed by atoms with E-state index >= 15 is 0 Å². The van der Waals surface area contributed by atoms with Gasteiger partial charge in [-0.15, -0.1) is 0 Å². The van der Waals surface area contributed by atoms with Crippen molar-refractivity contribution < 1.29 is 9.53 Å². The quantitative estimate of drug-likeness (QED) is 0.786. The molecule has 3 aliphatic rings. The SMILES string of the molecule is O=C(CC1CCOCC1)N1Cc2ccc(C#CC3CC3)cc2C1. The fraction of sp³-hybridized carbons (Fsp3) is 0.550. The van der Waals surface area contributed by atoms with Crippen LogP contribution in [0.3, 0.4) is 0 Å². The molecule has 2 fully saturated rings. The average Bonchev–Trinajstić information content (AvgIpc) is 3.30. The summed E-state index contributed by atoms with van der Waals surface area (Å²) in [5.74, 6) is 8.00. The number of hydrogen-bond acceptors (Lipinski definition) is 2. The van der Waals surface area contributed by atoms with Gasteiger partial charge in [-0.3, -0.25) is 4.79 Å². The molecule has 0 atom stereocenters. The Hall–Kier alpha value is -1.79. The van der Waals surface area contributed by atoms with Crippen molar-refractivity contribution >= 4 is 5.91 Å². The van der Waals surface area contributed by atoms with Crippen LogP contribution in [0, 0.1) is 23.7 Å². The number of nitrogens with zero attached hydrogens (tertiary/aromatic N) is 1. The summed E-state index contributed by atoms with van der Waals surface area (Å²) in [7, 11) is 0. The molecular formula is C20H23NO2. The van der Waals surface area contributed by atoms with Gasteiger partial charge in [0, 0.05) is 44.2 Å². The highest BCUT2D eigenvalue weighted by molar-refractivity contribution is 5.77. The molecule has 1 saturated heterocycles. The maximum absolute atomic E-state index is 12.5. The van der Waals surface area contributed by atoms with Crippen molar-refractivity contribution in [2.24, 2.45) is 11.8 Å². The number of fused-ring (bicyclic) bond motifs is 1. The molecule has 1 aromatic carbocycles. The largest absolute Gasteiger partial charge is 0.381 e. The molecule has 23 heavy (non-hydrogen) atoms. The number of rotatable bonds is 2. The Bertz CT molecular complexity index is 660. The first-order valence-corrected chi connectivity index (χ1v) is 8.77. The Morgan fingerprint density at radius 1 is 1.13 bits per heavy atom. The Kier molecular flexibility index (Phi) is 4.10. The van der Waals surface area contributed by atoms with Gasteiger partial charge in [-0.05, 0) is 54.9 Å². The first-order chi connectivity index (χ1) is 11.3. The third kappa shape index (κ3) is 3.59. The lowest BCUT2D eigenvalue weighted by molar-refractivity contribution is -0.133. The van der Waals surface area contributed by atoms with Crippen LogP contribution in [0.25, 0.3) is 0 Å². The van der Waals surface area contributed by atoms with Crippen molar-refractivity contribution in [1.82, 2.24) is 4.90 Å². The third-order valence-corrected chi connectivity index (χ3v) is 5.08. The first kappa shape index (κ1) is 14.8. The second kappa shape index (κ2) is 6.37. The van der Waals surface area contributed by atoms with Crippen LogP contribution in [0.1, 0.15) is 48.8 Å². The molecule has 0 radical (unpaired) electrons. The summed E-state index contributed by atoms with van der Waals surface area (Å²) in [6.45, 7) is 3.12. The Morgan fingerprint density at radius 3 is 2.70 bits per heavy atom. The van der Waals surface area contributed by atoms with E-state index in [0.29, 0.717) is 24.2 Å². The predicted molar refractivity (Wildman–Crippen MR) is 88.5 cm³/mol. The van der Waals surface area contributed by atoms with E-state index in [1.165, 1.54) is 24.0 Å². The molecule has 0 unspecified atom stereocenters. The van der Waals surface area contributed by atoms with E-state index in [0.717, 1.165) is 44.7 Å². The van der Waals surface area contributed by atoms with E-state index < -0.39 is 0 Å². The van der Waals surface area contributed by atoms with Crippen LogP contribution in [0.4, 0.5) is 0 Å². The summed E-state index contributed by atoms with van der Waals surface area (Å²) < 4.78 is 5.38. The molecule has 2 heterocycles. The second-order valence-electron chi connectivity index (χ2n) is 7.04. The minimum absolute atomic E-state index is 0.290. The fourth-order valence-electron chi connectivity index (χ4n) is 3.39. The molecule has 3 heteroatoms. The number of amides is 1. The van der Waals surface area contributed by atoms with Gasteiger partial charge in [-0.25, -0.2) is 0 Å². The summed E-state index contributed by atoms with van der Waals surface area (Å²) in [6, 6.07) is 6.42. The monoisotopic (exact) mass is 309 g/mol. The van der Waals surface area contributed by atoms with E-state index in [9.17, 15) is 4.79 Å². The van der Waals surface area contributed by atoms with Gasteiger partial charge in [0.2, 0.25) is 5.91 Å². The summed E-state index contributed by atoms with van der Waals surface area (Å²) >= 11 is 0. The summed E-state index contributed by atoms with van der Waals surface area (Å²) in [5.41, 5.74) is 3.64. The van der Waals surface area contributed by atoms with E-state index in [4.69, 9.17) is 4.74 Å². The third-order valence-electron chi connectivity index (χ3n) is 5.08. The summed E-state index contributed by atoms with van der Waals surface area (Å²) in [4.78, 5) is 14.5. The lowest BCUT2D eigenvalue weighted by Gasteiger charge is -2.24. The van der Waals surface area contributed by atoms with Crippen molar-refractivity contribution in [2.45, 2.75) is 45.2 Å². The van der Waals surface area contributed by atoms with E-state index in [-0.39, 0.29) is 0 Å². The first-order valence-electron chi connectivity index (χ1n) is 8.77. The topological polar surface area (TPSA) is 29.5 Å². The van der Waals surface area contributed by atoms with Crippen LogP contribution in [0.5, 0.6) is 0 Å². The number of hydrogen-bond donors (Lipinski definition) is 0. The molecule has 4 rings (SSSR count). The van der Waals surface area contributed by atoms with Gasteiger partial charge in [-0.1, -0.05) is 17.9 Å². The van der Waals surface area contributed by atoms with Gasteiger partial charge in [0.25, 0.3) is 0 Å². The zero-order valence-corrected chi connectivity index (χ0v) is 13.5. The lowest BCUT2D eigenvalue weighted by Crippen LogP contribution is -2.29. The van der Waals surface area contributed by atoms with Crippen molar-refractivity contribution in [3.8, 4) is 11.8 Å². The smallest absolute Gasteiger partial charge is 0.223 e. The molecule has 0 N–H and O–H groups in total. The van der Waals surface area contributed by atoms with Crippen LogP contribution in [-0.4, -0.2) is 24.0 Å². The molecule has 1 saturated carbocycles. The number of carbonyl (C=O) groups is 1. The molecule has 1 amide bonds. The highest BCUT2D eigenvalue weighted by Gasteiger charge is 2.26. The molecule has 1 aliphatic carbocycles. The standard InChI is InChI=1S/C20H23NO2/c22-20(12-17-7-9-23-10-8-17)21-13-18-6-5-16(11-19(18)14-21)4-3-15-1-2-15/h5-6,11,15,17H,1-2,7-10,12-14H2. The molecule has 2 aliphatic heterocycles. The van der Waals surface area contributed by atoms with E-state index in [1.807, 2.05) is 4.90 Å². The minimum atomic E-state index is 0.290. The maximum atomic E-state index is 12.5. The van der Waals surface area contributed by atoms with Gasteiger partial charge in [0.05, 0.1) is 0 Å². The van der Waals surface area contributed by atoms with Crippen molar-refractivity contribution in [1.29, 1.82) is 0 Å². The summed E-state index contributed by atoms with van der Waals surface area (Å²) in [6.07, 6.45) is 5.23. The number of ether oxygens (including phenoxy) is 1.